The van der Waals surface area contributed by atoms with Crippen molar-refractivity contribution >= 4 is 11.9 Å². The number of carbonyl (C=O) groups is 1. The average Bonchev–Trinajstić information content (AvgIpc) is 2.80. The van der Waals surface area contributed by atoms with Crippen molar-refractivity contribution in [3.63, 3.8) is 0 Å². The minimum absolute atomic E-state index is 0.111. The molecule has 1 saturated heterocycles. The van der Waals surface area contributed by atoms with Crippen LogP contribution in [0.2, 0.25) is 0 Å². The highest BCUT2D eigenvalue weighted by atomic mass is 16.2. The van der Waals surface area contributed by atoms with Crippen molar-refractivity contribution in [1.29, 1.82) is 0 Å². The lowest BCUT2D eigenvalue weighted by Gasteiger charge is -2.22. The Balaban J connectivity index is 2.54. The molecule has 0 aromatic heterocycles. The number of nitrogens with one attached hydrogen (secondary N) is 2. The van der Waals surface area contributed by atoms with Crippen LogP contribution in [0.1, 0.15) is 34.1 Å². The van der Waals surface area contributed by atoms with Gasteiger partial charge < -0.3 is 15.5 Å². The van der Waals surface area contributed by atoms with Crippen molar-refractivity contribution in [2.45, 2.75) is 46.2 Å². The molecule has 6 heteroatoms. The maximum atomic E-state index is 11.6. The molecule has 1 fully saturated rings. The third-order valence-electron chi connectivity index (χ3n) is 4.13. The number of rotatable bonds is 6. The SMILES string of the molecule is CCNC(=NCCC(=O)N(C)C)NC1CN(C(C)C)CC1C. The molecule has 2 atom stereocenters. The summed E-state index contributed by atoms with van der Waals surface area (Å²) in [6.45, 7) is 12.3. The normalized spacial score (nSPS) is 23.0. The van der Waals surface area contributed by atoms with E-state index in [2.05, 4.69) is 48.2 Å². The van der Waals surface area contributed by atoms with Crippen molar-refractivity contribution in [3.8, 4) is 0 Å². The van der Waals surface area contributed by atoms with Crippen LogP contribution < -0.4 is 10.6 Å². The van der Waals surface area contributed by atoms with Crippen molar-refractivity contribution in [1.82, 2.24) is 20.4 Å². The second-order valence-electron chi connectivity index (χ2n) is 6.57. The first-order chi connectivity index (χ1) is 10.3. The van der Waals surface area contributed by atoms with Crippen LogP contribution in [0.4, 0.5) is 0 Å². The summed E-state index contributed by atoms with van der Waals surface area (Å²) in [7, 11) is 3.55. The second-order valence-corrected chi connectivity index (χ2v) is 6.57. The van der Waals surface area contributed by atoms with E-state index in [4.69, 9.17) is 0 Å². The lowest BCUT2D eigenvalue weighted by atomic mass is 10.1. The number of hydrogen-bond donors (Lipinski definition) is 2. The van der Waals surface area contributed by atoms with Crippen LogP contribution in [0.25, 0.3) is 0 Å². The highest BCUT2D eigenvalue weighted by molar-refractivity contribution is 5.81. The van der Waals surface area contributed by atoms with Crippen LogP contribution in [0, 0.1) is 5.92 Å². The van der Waals surface area contributed by atoms with Crippen LogP contribution in [0.3, 0.4) is 0 Å². The molecule has 6 nitrogen and oxygen atoms in total. The molecule has 0 spiro atoms. The summed E-state index contributed by atoms with van der Waals surface area (Å²) in [5, 5.41) is 6.80. The van der Waals surface area contributed by atoms with E-state index in [-0.39, 0.29) is 5.91 Å². The molecule has 2 N–H and O–H groups in total. The minimum Gasteiger partial charge on any atom is -0.357 e. The number of likely N-dealkylation sites (tertiary alicyclic amines) is 1. The summed E-state index contributed by atoms with van der Waals surface area (Å²) in [6, 6.07) is 0.983. The topological polar surface area (TPSA) is 60.0 Å². The van der Waals surface area contributed by atoms with Gasteiger partial charge in [-0.1, -0.05) is 6.92 Å². The average molecular weight is 311 g/mol. The minimum atomic E-state index is 0.111. The molecule has 0 aromatic rings. The first-order valence-electron chi connectivity index (χ1n) is 8.34. The second kappa shape index (κ2) is 8.98. The maximum absolute atomic E-state index is 11.6. The standard InChI is InChI=1S/C16H33N5O/c1-7-17-16(18-9-8-15(22)20(5)6)19-14-11-21(12(2)3)10-13(14)4/h12-14H,7-11H2,1-6H3,(H2,17,18,19). The van der Waals surface area contributed by atoms with E-state index in [0.29, 0.717) is 31.0 Å². The van der Waals surface area contributed by atoms with Crippen molar-refractivity contribution in [3.05, 3.63) is 0 Å². The maximum Gasteiger partial charge on any atom is 0.223 e. The van der Waals surface area contributed by atoms with Gasteiger partial charge in [-0.15, -0.1) is 0 Å². The molecular formula is C16H33N5O. The predicted octanol–water partition coefficient (Wildman–Crippen LogP) is 0.749. The van der Waals surface area contributed by atoms with E-state index in [1.165, 1.54) is 0 Å². The zero-order valence-electron chi connectivity index (χ0n) is 15.0. The van der Waals surface area contributed by atoms with E-state index in [9.17, 15) is 4.79 Å². The Hall–Kier alpha value is -1.30. The Kier molecular flexibility index (Phi) is 7.65. The number of aliphatic imine (C=N–C) groups is 1. The Labute approximate surface area is 135 Å². The highest BCUT2D eigenvalue weighted by Gasteiger charge is 2.31. The molecule has 128 valence electrons. The largest absolute Gasteiger partial charge is 0.357 e. The van der Waals surface area contributed by atoms with Crippen molar-refractivity contribution in [2.75, 3.05) is 40.3 Å². The molecule has 1 rings (SSSR count). The zero-order chi connectivity index (χ0) is 16.7. The molecule has 1 amide bonds. The summed E-state index contributed by atoms with van der Waals surface area (Å²) in [5.74, 6) is 1.52. The van der Waals surface area contributed by atoms with Gasteiger partial charge in [0.05, 0.1) is 6.54 Å². The number of amides is 1. The highest BCUT2D eigenvalue weighted by Crippen LogP contribution is 2.18. The van der Waals surface area contributed by atoms with E-state index in [1.54, 1.807) is 19.0 Å². The third kappa shape index (κ3) is 5.83. The van der Waals surface area contributed by atoms with Gasteiger partial charge in [-0.05, 0) is 26.7 Å². The van der Waals surface area contributed by atoms with Gasteiger partial charge in [-0.3, -0.25) is 14.7 Å². The fourth-order valence-electron chi connectivity index (χ4n) is 2.60. The Morgan fingerprint density at radius 2 is 2.05 bits per heavy atom. The Morgan fingerprint density at radius 1 is 1.36 bits per heavy atom. The molecule has 22 heavy (non-hydrogen) atoms. The Bertz CT molecular complexity index is 381. The number of hydrogen-bond acceptors (Lipinski definition) is 3. The lowest BCUT2D eigenvalue weighted by Crippen LogP contribution is -2.47. The van der Waals surface area contributed by atoms with Gasteiger partial charge in [0, 0.05) is 52.2 Å². The zero-order valence-corrected chi connectivity index (χ0v) is 15.0. The van der Waals surface area contributed by atoms with Gasteiger partial charge >= 0.3 is 0 Å². The number of guanidine groups is 1. The van der Waals surface area contributed by atoms with Crippen LogP contribution in [0.15, 0.2) is 4.99 Å². The van der Waals surface area contributed by atoms with E-state index < -0.39 is 0 Å². The quantitative estimate of drug-likeness (QED) is 0.561. The molecule has 0 aromatic carbocycles. The summed E-state index contributed by atoms with van der Waals surface area (Å²) in [5.41, 5.74) is 0. The predicted molar refractivity (Wildman–Crippen MR) is 92.1 cm³/mol. The smallest absolute Gasteiger partial charge is 0.223 e. The van der Waals surface area contributed by atoms with Crippen LogP contribution in [0.5, 0.6) is 0 Å². The van der Waals surface area contributed by atoms with Crippen LogP contribution in [-0.4, -0.2) is 74.0 Å². The molecule has 0 bridgehead atoms. The first kappa shape index (κ1) is 18.7. The van der Waals surface area contributed by atoms with Gasteiger partial charge in [0.2, 0.25) is 5.91 Å². The summed E-state index contributed by atoms with van der Waals surface area (Å²) < 4.78 is 0. The fraction of sp³-hybridized carbons (Fsp3) is 0.875. The van der Waals surface area contributed by atoms with Crippen molar-refractivity contribution in [2.24, 2.45) is 10.9 Å². The van der Waals surface area contributed by atoms with E-state index in [1.807, 2.05) is 0 Å². The first-order valence-corrected chi connectivity index (χ1v) is 8.34. The molecule has 1 aliphatic rings. The van der Waals surface area contributed by atoms with Gasteiger partial charge in [-0.2, -0.15) is 0 Å². The van der Waals surface area contributed by atoms with Gasteiger partial charge in [0.1, 0.15) is 0 Å². The molecular weight excluding hydrogens is 278 g/mol. The monoisotopic (exact) mass is 311 g/mol. The van der Waals surface area contributed by atoms with Crippen molar-refractivity contribution < 1.29 is 4.79 Å². The fourth-order valence-corrected chi connectivity index (χ4v) is 2.60. The molecule has 2 unspecified atom stereocenters. The molecule has 1 aliphatic heterocycles. The van der Waals surface area contributed by atoms with E-state index >= 15 is 0 Å². The van der Waals surface area contributed by atoms with Crippen LogP contribution in [-0.2, 0) is 4.79 Å². The number of carbonyl (C=O) groups excluding carboxylic acids is 1. The lowest BCUT2D eigenvalue weighted by molar-refractivity contribution is -0.128. The van der Waals surface area contributed by atoms with Crippen LogP contribution >= 0.6 is 0 Å². The summed E-state index contributed by atoms with van der Waals surface area (Å²) >= 11 is 0. The van der Waals surface area contributed by atoms with E-state index in [0.717, 1.165) is 25.6 Å². The molecule has 0 saturated carbocycles. The molecule has 1 heterocycles. The summed E-state index contributed by atoms with van der Waals surface area (Å²) in [6.07, 6.45) is 0.446. The molecule has 0 aliphatic carbocycles. The molecule has 0 radical (unpaired) electrons. The number of nitrogens with zero attached hydrogens (tertiary/aromatic N) is 3. The summed E-state index contributed by atoms with van der Waals surface area (Å²) in [4.78, 5) is 20.2. The van der Waals surface area contributed by atoms with Gasteiger partial charge in [0.15, 0.2) is 5.96 Å². The van der Waals surface area contributed by atoms with Gasteiger partial charge in [0.25, 0.3) is 0 Å². The van der Waals surface area contributed by atoms with Gasteiger partial charge in [-0.25, -0.2) is 0 Å². The Morgan fingerprint density at radius 3 is 2.55 bits per heavy atom. The third-order valence-corrected chi connectivity index (χ3v) is 4.13.